The van der Waals surface area contributed by atoms with Gasteiger partial charge in [0, 0.05) is 11.1 Å². The maximum Gasteiger partial charge on any atom is 0.339 e. The van der Waals surface area contributed by atoms with Crippen molar-refractivity contribution in [1.82, 2.24) is 0 Å². The van der Waals surface area contributed by atoms with Crippen molar-refractivity contribution in [3.8, 4) is 23.3 Å². The summed E-state index contributed by atoms with van der Waals surface area (Å²) in [4.78, 5) is 11.2. The quantitative estimate of drug-likeness (QED) is 0.931. The number of nitrogens with zero attached hydrogens (tertiary/aromatic N) is 1. The van der Waals surface area contributed by atoms with Crippen LogP contribution in [-0.4, -0.2) is 18.2 Å². The molecular formula is C15H10ClNO4. The lowest BCUT2D eigenvalue weighted by Gasteiger charge is -2.11. The van der Waals surface area contributed by atoms with Crippen molar-refractivity contribution in [3.63, 3.8) is 0 Å². The van der Waals surface area contributed by atoms with Crippen LogP contribution in [-0.2, 0) is 0 Å². The Bertz CT molecular complexity index is 737. The Hall–Kier alpha value is -2.71. The zero-order valence-electron chi connectivity index (χ0n) is 11.0. The van der Waals surface area contributed by atoms with E-state index in [9.17, 15) is 9.90 Å². The van der Waals surface area contributed by atoms with E-state index in [4.69, 9.17) is 26.3 Å². The smallest absolute Gasteiger partial charge is 0.339 e. The number of carboxylic acids is 1. The van der Waals surface area contributed by atoms with E-state index in [1.54, 1.807) is 6.07 Å². The Morgan fingerprint density at radius 2 is 2.00 bits per heavy atom. The van der Waals surface area contributed by atoms with Gasteiger partial charge in [-0.3, -0.25) is 0 Å². The minimum absolute atomic E-state index is 0.0327. The molecule has 0 spiro atoms. The highest BCUT2D eigenvalue weighted by Crippen LogP contribution is 2.32. The van der Waals surface area contributed by atoms with Crippen LogP contribution in [0.2, 0.25) is 5.02 Å². The van der Waals surface area contributed by atoms with Gasteiger partial charge in [-0.05, 0) is 30.3 Å². The molecule has 106 valence electrons. The summed E-state index contributed by atoms with van der Waals surface area (Å²) < 4.78 is 10.6. The Balaban J connectivity index is 2.48. The number of rotatable bonds is 4. The molecule has 0 amide bonds. The fourth-order valence-corrected chi connectivity index (χ4v) is 1.86. The van der Waals surface area contributed by atoms with Gasteiger partial charge in [-0.1, -0.05) is 11.6 Å². The molecule has 0 heterocycles. The number of carbonyl (C=O) groups is 1. The zero-order valence-corrected chi connectivity index (χ0v) is 11.7. The Labute approximate surface area is 125 Å². The monoisotopic (exact) mass is 303 g/mol. The number of halogens is 1. The number of benzene rings is 2. The van der Waals surface area contributed by atoms with E-state index in [1.807, 2.05) is 6.07 Å². The fourth-order valence-electron chi connectivity index (χ4n) is 1.69. The first-order chi connectivity index (χ1) is 10.0. The highest BCUT2D eigenvalue weighted by atomic mass is 35.5. The molecule has 0 aliphatic rings. The summed E-state index contributed by atoms with van der Waals surface area (Å²) in [5.74, 6) is -0.388. The van der Waals surface area contributed by atoms with Crippen LogP contribution in [0.1, 0.15) is 15.9 Å². The second-order valence-electron chi connectivity index (χ2n) is 4.02. The van der Waals surface area contributed by atoms with E-state index in [-0.39, 0.29) is 22.6 Å². The molecule has 2 aromatic carbocycles. The third-order valence-corrected chi connectivity index (χ3v) is 2.94. The highest BCUT2D eigenvalue weighted by Gasteiger charge is 2.15. The largest absolute Gasteiger partial charge is 0.497 e. The van der Waals surface area contributed by atoms with E-state index < -0.39 is 5.97 Å². The van der Waals surface area contributed by atoms with Crippen LogP contribution in [0.4, 0.5) is 0 Å². The van der Waals surface area contributed by atoms with Gasteiger partial charge in [0.2, 0.25) is 0 Å². The molecule has 2 rings (SSSR count). The first-order valence-corrected chi connectivity index (χ1v) is 6.21. The lowest BCUT2D eigenvalue weighted by Crippen LogP contribution is -2.01. The molecule has 0 aromatic heterocycles. The summed E-state index contributed by atoms with van der Waals surface area (Å²) in [6.07, 6.45) is 0. The highest BCUT2D eigenvalue weighted by molar-refractivity contribution is 6.30. The van der Waals surface area contributed by atoms with Crippen molar-refractivity contribution in [3.05, 3.63) is 52.5 Å². The van der Waals surface area contributed by atoms with Gasteiger partial charge in [0.25, 0.3) is 0 Å². The summed E-state index contributed by atoms with van der Waals surface area (Å²) in [6.45, 7) is 0. The van der Waals surface area contributed by atoms with Crippen molar-refractivity contribution in [1.29, 1.82) is 5.26 Å². The van der Waals surface area contributed by atoms with Gasteiger partial charge in [-0.25, -0.2) is 4.79 Å². The molecule has 5 nitrogen and oxygen atoms in total. The molecular weight excluding hydrogens is 294 g/mol. The molecule has 0 bridgehead atoms. The van der Waals surface area contributed by atoms with Gasteiger partial charge in [-0.15, -0.1) is 0 Å². The van der Waals surface area contributed by atoms with Gasteiger partial charge >= 0.3 is 5.97 Å². The molecule has 0 atom stereocenters. The third-order valence-electron chi connectivity index (χ3n) is 2.70. The summed E-state index contributed by atoms with van der Waals surface area (Å²) in [7, 11) is 1.46. The van der Waals surface area contributed by atoms with Crippen LogP contribution in [0, 0.1) is 11.3 Å². The van der Waals surface area contributed by atoms with Gasteiger partial charge < -0.3 is 14.6 Å². The van der Waals surface area contributed by atoms with Crippen molar-refractivity contribution < 1.29 is 19.4 Å². The second kappa shape index (κ2) is 6.16. The van der Waals surface area contributed by atoms with Gasteiger partial charge in [-0.2, -0.15) is 5.26 Å². The SMILES string of the molecule is COc1ccc(C(=O)O)c(Oc2ccc(Cl)cc2C#N)c1. The average molecular weight is 304 g/mol. The maximum absolute atomic E-state index is 11.2. The first kappa shape index (κ1) is 14.7. The predicted molar refractivity (Wildman–Crippen MR) is 76.2 cm³/mol. The summed E-state index contributed by atoms with van der Waals surface area (Å²) >= 11 is 5.81. The minimum Gasteiger partial charge on any atom is -0.497 e. The molecule has 0 saturated carbocycles. The van der Waals surface area contributed by atoms with Gasteiger partial charge in [0.15, 0.2) is 0 Å². The number of ether oxygens (including phenoxy) is 2. The second-order valence-corrected chi connectivity index (χ2v) is 4.46. The molecule has 0 aliphatic heterocycles. The van der Waals surface area contributed by atoms with E-state index in [2.05, 4.69) is 0 Å². The number of hydrogen-bond acceptors (Lipinski definition) is 4. The maximum atomic E-state index is 11.2. The number of methoxy groups -OCH3 is 1. The van der Waals surface area contributed by atoms with Crippen molar-refractivity contribution >= 4 is 17.6 Å². The van der Waals surface area contributed by atoms with E-state index >= 15 is 0 Å². The molecule has 0 saturated heterocycles. The third kappa shape index (κ3) is 3.25. The Morgan fingerprint density at radius 1 is 1.24 bits per heavy atom. The predicted octanol–water partition coefficient (Wildman–Crippen LogP) is 3.71. The minimum atomic E-state index is -1.14. The number of hydrogen-bond donors (Lipinski definition) is 1. The van der Waals surface area contributed by atoms with E-state index in [0.29, 0.717) is 10.8 Å². The van der Waals surface area contributed by atoms with Gasteiger partial charge in [0.1, 0.15) is 28.9 Å². The average Bonchev–Trinajstić information content (AvgIpc) is 2.48. The first-order valence-electron chi connectivity index (χ1n) is 5.84. The molecule has 0 fully saturated rings. The number of nitriles is 1. The van der Waals surface area contributed by atoms with E-state index in [1.165, 1.54) is 37.4 Å². The van der Waals surface area contributed by atoms with Crippen LogP contribution in [0.25, 0.3) is 0 Å². The zero-order chi connectivity index (χ0) is 15.4. The van der Waals surface area contributed by atoms with Crippen LogP contribution >= 0.6 is 11.6 Å². The van der Waals surface area contributed by atoms with Crippen molar-refractivity contribution in [2.24, 2.45) is 0 Å². The summed E-state index contributed by atoms with van der Waals surface area (Å²) in [6, 6.07) is 10.8. The standard InChI is InChI=1S/C15H10ClNO4/c1-20-11-3-4-12(15(18)19)14(7-11)21-13-5-2-10(16)6-9(13)8-17/h2-7H,1H3,(H,18,19). The van der Waals surface area contributed by atoms with Crippen LogP contribution < -0.4 is 9.47 Å². The Morgan fingerprint density at radius 3 is 2.62 bits per heavy atom. The van der Waals surface area contributed by atoms with Crippen molar-refractivity contribution in [2.75, 3.05) is 7.11 Å². The molecule has 0 radical (unpaired) electrons. The molecule has 2 aromatic rings. The summed E-state index contributed by atoms with van der Waals surface area (Å²) in [5.41, 5.74) is 0.177. The lowest BCUT2D eigenvalue weighted by molar-refractivity contribution is 0.0694. The topological polar surface area (TPSA) is 79.6 Å². The number of aromatic carboxylic acids is 1. The lowest BCUT2D eigenvalue weighted by atomic mass is 10.2. The van der Waals surface area contributed by atoms with Crippen LogP contribution in [0.3, 0.4) is 0 Å². The molecule has 0 unspecified atom stereocenters. The molecule has 6 heteroatoms. The normalized spacial score (nSPS) is 9.76. The van der Waals surface area contributed by atoms with Crippen molar-refractivity contribution in [2.45, 2.75) is 0 Å². The Kier molecular flexibility index (Phi) is 4.31. The molecule has 0 aliphatic carbocycles. The molecule has 21 heavy (non-hydrogen) atoms. The summed E-state index contributed by atoms with van der Waals surface area (Å²) in [5, 5.41) is 18.6. The fraction of sp³-hybridized carbons (Fsp3) is 0.0667. The van der Waals surface area contributed by atoms with Gasteiger partial charge in [0.05, 0.1) is 12.7 Å². The number of carboxylic acid groups (broad SMARTS) is 1. The van der Waals surface area contributed by atoms with E-state index in [0.717, 1.165) is 0 Å². The van der Waals surface area contributed by atoms with Crippen LogP contribution in [0.15, 0.2) is 36.4 Å². The molecule has 1 N–H and O–H groups in total. The van der Waals surface area contributed by atoms with Crippen LogP contribution in [0.5, 0.6) is 17.2 Å².